The third kappa shape index (κ3) is 3.31. The van der Waals surface area contributed by atoms with Gasteiger partial charge in [-0.2, -0.15) is 0 Å². The van der Waals surface area contributed by atoms with Gasteiger partial charge in [-0.05, 0) is 36.4 Å². The summed E-state index contributed by atoms with van der Waals surface area (Å²) in [5.74, 6) is 0.367. The van der Waals surface area contributed by atoms with E-state index in [9.17, 15) is 14.3 Å². The highest BCUT2D eigenvalue weighted by Gasteiger charge is 2.18. The zero-order valence-electron chi connectivity index (χ0n) is 12.5. The molecule has 0 bridgehead atoms. The summed E-state index contributed by atoms with van der Waals surface area (Å²) in [6, 6.07) is 8.91. The molecule has 0 aliphatic heterocycles. The molecule has 24 heavy (non-hydrogen) atoms. The van der Waals surface area contributed by atoms with Crippen molar-refractivity contribution in [2.24, 2.45) is 0 Å². The molecule has 7 heteroatoms. The molecule has 1 N–H and O–H groups in total. The zero-order chi connectivity index (χ0) is 16.9. The van der Waals surface area contributed by atoms with E-state index in [1.54, 1.807) is 18.2 Å². The molecule has 0 unspecified atom stereocenters. The molecule has 0 atom stereocenters. The summed E-state index contributed by atoms with van der Waals surface area (Å²) in [7, 11) is 0. The second-order valence-corrected chi connectivity index (χ2v) is 4.92. The Morgan fingerprint density at radius 1 is 1.21 bits per heavy atom. The maximum atomic E-state index is 13.1. The van der Waals surface area contributed by atoms with Gasteiger partial charge in [0, 0.05) is 5.56 Å². The van der Waals surface area contributed by atoms with Gasteiger partial charge in [-0.25, -0.2) is 9.37 Å². The lowest BCUT2D eigenvalue weighted by Crippen LogP contribution is -2.00. The largest absolute Gasteiger partial charge is 0.487 e. The minimum atomic E-state index is -0.358. The normalized spacial score (nSPS) is 10.6. The fourth-order valence-corrected chi connectivity index (χ4v) is 2.15. The first-order valence-electron chi connectivity index (χ1n) is 7.09. The van der Waals surface area contributed by atoms with E-state index in [0.29, 0.717) is 34.6 Å². The van der Waals surface area contributed by atoms with Crippen LogP contribution in [0.5, 0.6) is 5.75 Å². The Bertz CT molecular complexity index is 829. The number of halogens is 1. The number of aldehydes is 1. The number of hydrogen-bond acceptors (Lipinski definition) is 6. The van der Waals surface area contributed by atoms with Crippen LogP contribution in [-0.2, 0) is 13.2 Å². The number of aliphatic hydroxyl groups excluding tert-OH is 1. The molecule has 3 aromatic rings. The first-order chi connectivity index (χ1) is 11.7. The molecule has 0 saturated carbocycles. The van der Waals surface area contributed by atoms with E-state index in [-0.39, 0.29) is 24.8 Å². The molecule has 0 amide bonds. The molecule has 6 nitrogen and oxygen atoms in total. The number of aromatic nitrogens is 2. The number of carbonyl (C=O) groups excluding carboxylic acids is 1. The highest BCUT2D eigenvalue weighted by molar-refractivity contribution is 5.71. The van der Waals surface area contributed by atoms with Gasteiger partial charge in [-0.3, -0.25) is 4.79 Å². The predicted octanol–water partition coefficient (Wildman–Crippen LogP) is 2.76. The monoisotopic (exact) mass is 328 g/mol. The third-order valence-electron chi connectivity index (χ3n) is 3.39. The van der Waals surface area contributed by atoms with Crippen molar-refractivity contribution in [3.63, 3.8) is 0 Å². The highest BCUT2D eigenvalue weighted by Crippen LogP contribution is 2.27. The number of ether oxygens (including phenoxy) is 1. The molecular formula is C17H13FN2O4. The van der Waals surface area contributed by atoms with Crippen LogP contribution >= 0.6 is 0 Å². The van der Waals surface area contributed by atoms with E-state index >= 15 is 0 Å². The minimum Gasteiger partial charge on any atom is -0.487 e. The van der Waals surface area contributed by atoms with E-state index in [2.05, 4.69) is 10.1 Å². The number of pyridine rings is 1. The van der Waals surface area contributed by atoms with Crippen LogP contribution in [-0.4, -0.2) is 21.5 Å². The van der Waals surface area contributed by atoms with Gasteiger partial charge in [0.05, 0.1) is 11.8 Å². The predicted molar refractivity (Wildman–Crippen MR) is 81.8 cm³/mol. The van der Waals surface area contributed by atoms with Crippen molar-refractivity contribution in [3.8, 4) is 17.0 Å². The molecule has 0 spiro atoms. The number of carbonyl (C=O) groups is 1. The first kappa shape index (κ1) is 15.8. The Balaban J connectivity index is 1.84. The molecule has 0 saturated heterocycles. The van der Waals surface area contributed by atoms with E-state index in [0.717, 1.165) is 0 Å². The van der Waals surface area contributed by atoms with Gasteiger partial charge in [0.25, 0.3) is 0 Å². The van der Waals surface area contributed by atoms with Crippen molar-refractivity contribution >= 4 is 6.29 Å². The second kappa shape index (κ2) is 7.01. The van der Waals surface area contributed by atoms with Gasteiger partial charge in [-0.15, -0.1) is 0 Å². The van der Waals surface area contributed by atoms with E-state index < -0.39 is 0 Å². The van der Waals surface area contributed by atoms with Crippen LogP contribution in [0.4, 0.5) is 4.39 Å². The molecule has 0 radical (unpaired) electrons. The summed E-state index contributed by atoms with van der Waals surface area (Å²) in [5, 5.41) is 13.3. The van der Waals surface area contributed by atoms with Crippen LogP contribution < -0.4 is 4.74 Å². The Hall–Kier alpha value is -3.06. The van der Waals surface area contributed by atoms with Crippen LogP contribution in [0.2, 0.25) is 0 Å². The maximum absolute atomic E-state index is 13.1. The maximum Gasteiger partial charge on any atom is 0.169 e. The summed E-state index contributed by atoms with van der Waals surface area (Å²) >= 11 is 0. The summed E-state index contributed by atoms with van der Waals surface area (Å²) < 4.78 is 23.8. The summed E-state index contributed by atoms with van der Waals surface area (Å²) in [6.07, 6.45) is 2.06. The van der Waals surface area contributed by atoms with Crippen molar-refractivity contribution in [1.82, 2.24) is 10.1 Å². The smallest absolute Gasteiger partial charge is 0.169 e. The fraction of sp³-hybridized carbons (Fsp3) is 0.118. The first-order valence-corrected chi connectivity index (χ1v) is 7.09. The van der Waals surface area contributed by atoms with Crippen LogP contribution in [0.25, 0.3) is 11.3 Å². The molecule has 0 aliphatic rings. The molecule has 1 aromatic carbocycles. The summed E-state index contributed by atoms with van der Waals surface area (Å²) in [5.41, 5.74) is 1.98. The van der Waals surface area contributed by atoms with Crippen LogP contribution in [0, 0.1) is 5.82 Å². The number of aliphatic hydroxyl groups is 1. The Morgan fingerprint density at radius 2 is 2.00 bits per heavy atom. The lowest BCUT2D eigenvalue weighted by atomic mass is 10.1. The average Bonchev–Trinajstić information content (AvgIpc) is 3.04. The number of hydrogen-bond donors (Lipinski definition) is 1. The number of rotatable bonds is 6. The molecule has 122 valence electrons. The SMILES string of the molecule is O=Cc1ccc(OCc2c(-c3ccc(F)cc3)noc2CO)cn1. The lowest BCUT2D eigenvalue weighted by Gasteiger charge is -2.07. The molecule has 0 aliphatic carbocycles. The highest BCUT2D eigenvalue weighted by atomic mass is 19.1. The van der Waals surface area contributed by atoms with Crippen molar-refractivity contribution < 1.29 is 23.6 Å². The fourth-order valence-electron chi connectivity index (χ4n) is 2.15. The van der Waals surface area contributed by atoms with Gasteiger partial charge < -0.3 is 14.4 Å². The Kier molecular flexibility index (Phi) is 4.62. The van der Waals surface area contributed by atoms with Crippen molar-refractivity contribution in [2.45, 2.75) is 13.2 Å². The van der Waals surface area contributed by atoms with Crippen molar-refractivity contribution in [1.29, 1.82) is 0 Å². The Morgan fingerprint density at radius 3 is 2.62 bits per heavy atom. The van der Waals surface area contributed by atoms with Gasteiger partial charge in [0.2, 0.25) is 0 Å². The van der Waals surface area contributed by atoms with E-state index in [1.807, 2.05) is 0 Å². The summed E-state index contributed by atoms with van der Waals surface area (Å²) in [6.45, 7) is -0.260. The van der Waals surface area contributed by atoms with E-state index in [4.69, 9.17) is 9.26 Å². The molecule has 0 fully saturated rings. The quantitative estimate of drug-likeness (QED) is 0.700. The standard InChI is InChI=1S/C17H13FN2O4/c18-12-3-1-11(2-4-12)17-15(16(9-22)24-20-17)10-23-14-6-5-13(8-21)19-7-14/h1-8,22H,9-10H2. The van der Waals surface area contributed by atoms with Crippen LogP contribution in [0.15, 0.2) is 47.1 Å². The molecule has 2 aromatic heterocycles. The minimum absolute atomic E-state index is 0.0776. The van der Waals surface area contributed by atoms with Crippen LogP contribution in [0.1, 0.15) is 21.8 Å². The summed E-state index contributed by atoms with van der Waals surface area (Å²) in [4.78, 5) is 14.5. The molecule has 2 heterocycles. The third-order valence-corrected chi connectivity index (χ3v) is 3.39. The van der Waals surface area contributed by atoms with Crippen molar-refractivity contribution in [3.05, 3.63) is 65.4 Å². The Labute approximate surface area is 136 Å². The molecular weight excluding hydrogens is 315 g/mol. The van der Waals surface area contributed by atoms with Gasteiger partial charge >= 0.3 is 0 Å². The van der Waals surface area contributed by atoms with Gasteiger partial charge in [0.15, 0.2) is 12.0 Å². The molecule has 3 rings (SSSR count). The zero-order valence-corrected chi connectivity index (χ0v) is 12.5. The lowest BCUT2D eigenvalue weighted by molar-refractivity contribution is 0.111. The van der Waals surface area contributed by atoms with Crippen molar-refractivity contribution in [2.75, 3.05) is 0 Å². The van der Waals surface area contributed by atoms with Gasteiger partial charge in [0.1, 0.15) is 36.2 Å². The average molecular weight is 328 g/mol. The van der Waals surface area contributed by atoms with Gasteiger partial charge in [-0.1, -0.05) is 5.16 Å². The topological polar surface area (TPSA) is 85.5 Å². The second-order valence-electron chi connectivity index (χ2n) is 4.92. The number of nitrogens with zero attached hydrogens (tertiary/aromatic N) is 2. The van der Waals surface area contributed by atoms with E-state index in [1.165, 1.54) is 24.4 Å². The van der Waals surface area contributed by atoms with Crippen LogP contribution in [0.3, 0.4) is 0 Å². The number of benzene rings is 1.